The van der Waals surface area contributed by atoms with Gasteiger partial charge in [-0.2, -0.15) is 26.3 Å². The molecule has 1 N–H and O–H groups in total. The zero-order valence-electron chi connectivity index (χ0n) is 19.3. The van der Waals surface area contributed by atoms with Gasteiger partial charge in [-0.3, -0.25) is 0 Å². The number of rotatable bonds is 2. The molecule has 0 saturated heterocycles. The molecule has 1 heterocycles. The highest BCUT2D eigenvalue weighted by Crippen LogP contribution is 2.42. The van der Waals surface area contributed by atoms with Crippen LogP contribution in [0.4, 0.5) is 26.3 Å². The van der Waals surface area contributed by atoms with E-state index in [1.807, 2.05) is 0 Å². The van der Waals surface area contributed by atoms with Crippen LogP contribution in [0.5, 0.6) is 5.75 Å². The summed E-state index contributed by atoms with van der Waals surface area (Å²) in [5.41, 5.74) is -1.65. The quantitative estimate of drug-likeness (QED) is 0.181. The monoisotopic (exact) mass is 517 g/mol. The molecule has 0 aliphatic rings. The molecule has 4 aromatic rings. The van der Waals surface area contributed by atoms with Gasteiger partial charge in [-0.15, -0.1) is 0 Å². The lowest BCUT2D eigenvalue weighted by Crippen LogP contribution is -2.08. The summed E-state index contributed by atoms with van der Waals surface area (Å²) in [6.07, 6.45) is -9.24. The Morgan fingerprint density at radius 2 is 1.57 bits per heavy atom. The molecule has 190 valence electrons. The maximum Gasteiger partial charge on any atom is 0.417 e. The van der Waals surface area contributed by atoms with Gasteiger partial charge in [-0.05, 0) is 36.4 Å². The van der Waals surface area contributed by atoms with Crippen molar-refractivity contribution in [3.8, 4) is 28.8 Å². The number of methoxy groups -OCH3 is 1. The molecule has 1 aromatic heterocycles. The summed E-state index contributed by atoms with van der Waals surface area (Å²) < 4.78 is 86.4. The Kier molecular flexibility index (Phi) is 6.42. The first-order valence-electron chi connectivity index (χ1n) is 10.6. The molecule has 0 unspecified atom stereocenters. The molecule has 0 atom stereocenters. The van der Waals surface area contributed by atoms with Gasteiger partial charge in [0.05, 0.1) is 35.0 Å². The lowest BCUT2D eigenvalue weighted by atomic mass is 9.99. The maximum absolute atomic E-state index is 13.9. The second kappa shape index (κ2) is 9.24. The number of fused-ring (bicyclic) bond motifs is 1. The van der Waals surface area contributed by atoms with Gasteiger partial charge in [0.2, 0.25) is 0 Å². The SMILES string of the molecule is COC(=O)c1cc2c(C#Cc3ccc(C(F)(F)F)cc3)c(-c3ccccc3C(F)(F)F)n(C)c2cc1O. The van der Waals surface area contributed by atoms with Gasteiger partial charge < -0.3 is 14.4 Å². The van der Waals surface area contributed by atoms with E-state index in [2.05, 4.69) is 16.6 Å². The Labute approximate surface area is 206 Å². The number of benzene rings is 3. The van der Waals surface area contributed by atoms with Crippen molar-refractivity contribution in [3.05, 3.63) is 88.5 Å². The van der Waals surface area contributed by atoms with Gasteiger partial charge in [0, 0.05) is 29.6 Å². The van der Waals surface area contributed by atoms with E-state index in [9.17, 15) is 36.2 Å². The Bertz CT molecular complexity index is 1570. The number of hydrogen-bond acceptors (Lipinski definition) is 3. The standard InChI is InChI=1S/C27H17F6NO3/c1-34-22-14-23(35)20(25(36)37-2)13-19(22)17(12-9-15-7-10-16(11-8-15)26(28,29)30)24(34)18-5-3-4-6-21(18)27(31,32)33/h3-8,10-11,13-14,35H,1-2H3. The summed E-state index contributed by atoms with van der Waals surface area (Å²) in [6, 6.07) is 11.3. The highest BCUT2D eigenvalue weighted by Gasteiger charge is 2.35. The topological polar surface area (TPSA) is 51.5 Å². The molecule has 37 heavy (non-hydrogen) atoms. The molecule has 0 radical (unpaired) electrons. The molecule has 10 heteroatoms. The van der Waals surface area contributed by atoms with E-state index in [4.69, 9.17) is 0 Å². The summed E-state index contributed by atoms with van der Waals surface area (Å²) in [7, 11) is 2.58. The lowest BCUT2D eigenvalue weighted by Gasteiger charge is -2.14. The smallest absolute Gasteiger partial charge is 0.417 e. The zero-order valence-corrected chi connectivity index (χ0v) is 19.3. The fourth-order valence-electron chi connectivity index (χ4n) is 4.00. The number of halogens is 6. The zero-order chi connectivity index (χ0) is 27.1. The second-order valence-electron chi connectivity index (χ2n) is 8.03. The van der Waals surface area contributed by atoms with Crippen molar-refractivity contribution in [2.75, 3.05) is 7.11 Å². The molecule has 0 spiro atoms. The van der Waals surface area contributed by atoms with Gasteiger partial charge in [-0.25, -0.2) is 4.79 Å². The number of carbonyl (C=O) groups is 1. The summed E-state index contributed by atoms with van der Waals surface area (Å²) in [5.74, 6) is 4.16. The van der Waals surface area contributed by atoms with Crippen molar-refractivity contribution in [1.29, 1.82) is 0 Å². The number of esters is 1. The van der Waals surface area contributed by atoms with Gasteiger partial charge in [-0.1, -0.05) is 30.0 Å². The van der Waals surface area contributed by atoms with Crippen molar-refractivity contribution in [3.63, 3.8) is 0 Å². The Morgan fingerprint density at radius 3 is 2.16 bits per heavy atom. The number of aromatic nitrogens is 1. The summed E-state index contributed by atoms with van der Waals surface area (Å²) in [4.78, 5) is 12.2. The van der Waals surface area contributed by atoms with Crippen LogP contribution < -0.4 is 0 Å². The third kappa shape index (κ3) is 4.85. The van der Waals surface area contributed by atoms with Crippen molar-refractivity contribution in [2.45, 2.75) is 12.4 Å². The van der Waals surface area contributed by atoms with Crippen LogP contribution in [0.2, 0.25) is 0 Å². The minimum atomic E-state index is -4.70. The van der Waals surface area contributed by atoms with Crippen LogP contribution in [0.15, 0.2) is 60.7 Å². The van der Waals surface area contributed by atoms with E-state index in [1.54, 1.807) is 0 Å². The molecule has 0 aliphatic heterocycles. The average molecular weight is 517 g/mol. The van der Waals surface area contributed by atoms with Crippen molar-refractivity contribution >= 4 is 16.9 Å². The van der Waals surface area contributed by atoms with Gasteiger partial charge in [0.1, 0.15) is 11.3 Å². The molecule has 0 bridgehead atoms. The summed E-state index contributed by atoms with van der Waals surface area (Å²) in [6.45, 7) is 0. The van der Waals surface area contributed by atoms with Crippen LogP contribution in [0.1, 0.15) is 32.6 Å². The number of phenolic OH excluding ortho intramolecular Hbond substituents is 1. The molecular weight excluding hydrogens is 500 g/mol. The number of ether oxygens (including phenoxy) is 1. The molecule has 0 fully saturated rings. The van der Waals surface area contributed by atoms with Crippen molar-refractivity contribution in [2.24, 2.45) is 7.05 Å². The maximum atomic E-state index is 13.9. The fraction of sp³-hybridized carbons (Fsp3) is 0.148. The lowest BCUT2D eigenvalue weighted by molar-refractivity contribution is -0.138. The second-order valence-corrected chi connectivity index (χ2v) is 8.03. The van der Waals surface area contributed by atoms with Crippen LogP contribution in [0.3, 0.4) is 0 Å². The largest absolute Gasteiger partial charge is 0.507 e. The van der Waals surface area contributed by atoms with Crippen LogP contribution in [0.25, 0.3) is 22.2 Å². The molecule has 4 nitrogen and oxygen atoms in total. The van der Waals surface area contributed by atoms with E-state index in [0.29, 0.717) is 0 Å². The third-order valence-electron chi connectivity index (χ3n) is 5.75. The molecule has 0 amide bonds. The average Bonchev–Trinajstić information content (AvgIpc) is 3.11. The summed E-state index contributed by atoms with van der Waals surface area (Å²) in [5, 5.41) is 10.6. The predicted molar refractivity (Wildman–Crippen MR) is 124 cm³/mol. The van der Waals surface area contributed by atoms with Gasteiger partial charge >= 0.3 is 18.3 Å². The molecule has 0 aliphatic carbocycles. The van der Waals surface area contributed by atoms with Gasteiger partial charge in [0.25, 0.3) is 0 Å². The number of alkyl halides is 6. The van der Waals surface area contributed by atoms with E-state index >= 15 is 0 Å². The van der Waals surface area contributed by atoms with E-state index in [0.717, 1.165) is 37.4 Å². The van der Waals surface area contributed by atoms with Crippen molar-refractivity contribution < 1.29 is 41.0 Å². The van der Waals surface area contributed by atoms with E-state index in [1.165, 1.54) is 41.9 Å². The predicted octanol–water partition coefficient (Wildman–Crippen LogP) is 6.77. The van der Waals surface area contributed by atoms with Gasteiger partial charge in [0.15, 0.2) is 0 Å². The normalized spacial score (nSPS) is 11.8. The van der Waals surface area contributed by atoms with E-state index < -0.39 is 35.2 Å². The van der Waals surface area contributed by atoms with Crippen LogP contribution in [0, 0.1) is 11.8 Å². The first kappa shape index (κ1) is 25.7. The highest BCUT2D eigenvalue weighted by molar-refractivity contribution is 6.02. The number of carbonyl (C=O) groups excluding carboxylic acids is 1. The Hall–Kier alpha value is -4.39. The first-order chi connectivity index (χ1) is 17.3. The number of nitrogens with zero attached hydrogens (tertiary/aromatic N) is 1. The minimum absolute atomic E-state index is 0.0451. The molecule has 0 saturated carbocycles. The Morgan fingerprint density at radius 1 is 0.919 bits per heavy atom. The molecule has 4 rings (SSSR count). The van der Waals surface area contributed by atoms with Crippen LogP contribution >= 0.6 is 0 Å². The van der Waals surface area contributed by atoms with Crippen LogP contribution in [-0.4, -0.2) is 22.8 Å². The number of hydrogen-bond donors (Lipinski definition) is 1. The third-order valence-corrected chi connectivity index (χ3v) is 5.75. The van der Waals surface area contributed by atoms with Crippen molar-refractivity contribution in [1.82, 2.24) is 4.57 Å². The minimum Gasteiger partial charge on any atom is -0.507 e. The van der Waals surface area contributed by atoms with Crippen LogP contribution in [-0.2, 0) is 24.1 Å². The van der Waals surface area contributed by atoms with E-state index in [-0.39, 0.29) is 38.9 Å². The number of aryl methyl sites for hydroxylation is 1. The first-order valence-corrected chi connectivity index (χ1v) is 10.6. The molecule has 3 aromatic carbocycles. The molecular formula is C27H17F6NO3. The number of aromatic hydroxyl groups is 1. The highest BCUT2D eigenvalue weighted by atomic mass is 19.4. The fourth-order valence-corrected chi connectivity index (χ4v) is 4.00. The Balaban J connectivity index is 2.02. The summed E-state index contributed by atoms with van der Waals surface area (Å²) >= 11 is 0. The number of phenols is 1.